The lowest BCUT2D eigenvalue weighted by atomic mass is 10.1. The maximum atomic E-state index is 12.7. The molecule has 0 saturated carbocycles. The predicted octanol–water partition coefficient (Wildman–Crippen LogP) is 5.31. The number of ether oxygens (including phenoxy) is 2. The van der Waals surface area contributed by atoms with Crippen molar-refractivity contribution in [3.8, 4) is 23.6 Å². The summed E-state index contributed by atoms with van der Waals surface area (Å²) in [5, 5.41) is 21.6. The maximum Gasteiger partial charge on any atom is 0.266 e. The second-order valence-corrected chi connectivity index (χ2v) is 7.34. The Morgan fingerprint density at radius 2 is 1.82 bits per heavy atom. The third-order valence-corrected chi connectivity index (χ3v) is 5.24. The molecule has 0 aromatic heterocycles. The van der Waals surface area contributed by atoms with Crippen LogP contribution in [0.1, 0.15) is 27.8 Å². The number of methoxy groups -OCH3 is 1. The molecule has 0 atom stereocenters. The van der Waals surface area contributed by atoms with E-state index in [2.05, 4.69) is 11.4 Å². The van der Waals surface area contributed by atoms with Gasteiger partial charge < -0.3 is 14.8 Å². The summed E-state index contributed by atoms with van der Waals surface area (Å²) in [6.07, 6.45) is 1.50. The zero-order valence-electron chi connectivity index (χ0n) is 18.7. The number of aryl methyl sites for hydroxylation is 1. The lowest BCUT2D eigenvalue weighted by Gasteiger charge is -2.12. The molecule has 3 rings (SSSR count). The summed E-state index contributed by atoms with van der Waals surface area (Å²) in [6, 6.07) is 22.1. The summed E-state index contributed by atoms with van der Waals surface area (Å²) in [5.74, 6) is 0.449. The largest absolute Gasteiger partial charge is 0.493 e. The molecule has 0 fully saturated rings. The van der Waals surface area contributed by atoms with Gasteiger partial charge in [-0.1, -0.05) is 36.4 Å². The predicted molar refractivity (Wildman–Crippen MR) is 127 cm³/mol. The van der Waals surface area contributed by atoms with E-state index < -0.39 is 5.91 Å². The molecule has 0 heterocycles. The van der Waals surface area contributed by atoms with E-state index in [9.17, 15) is 15.3 Å². The number of nitrogens with one attached hydrogen (secondary N) is 1. The van der Waals surface area contributed by atoms with Gasteiger partial charge in [-0.25, -0.2) is 0 Å². The molecule has 164 valence electrons. The van der Waals surface area contributed by atoms with Gasteiger partial charge in [-0.05, 0) is 60.9 Å². The summed E-state index contributed by atoms with van der Waals surface area (Å²) in [4.78, 5) is 12.7. The van der Waals surface area contributed by atoms with Crippen molar-refractivity contribution in [2.24, 2.45) is 0 Å². The van der Waals surface area contributed by atoms with Crippen LogP contribution in [0, 0.1) is 36.5 Å². The smallest absolute Gasteiger partial charge is 0.266 e. The monoisotopic (exact) mass is 437 g/mol. The van der Waals surface area contributed by atoms with Gasteiger partial charge in [0.1, 0.15) is 18.2 Å². The number of nitrogens with zero attached hydrogens (tertiary/aromatic N) is 2. The fourth-order valence-electron chi connectivity index (χ4n) is 3.20. The minimum Gasteiger partial charge on any atom is -0.493 e. The number of carbonyl (C=O) groups is 1. The van der Waals surface area contributed by atoms with Gasteiger partial charge in [0.05, 0.1) is 18.7 Å². The quantitative estimate of drug-likeness (QED) is 0.399. The number of nitriles is 2. The highest BCUT2D eigenvalue weighted by molar-refractivity contribution is 6.10. The molecular formula is C27H23N3O3. The molecule has 6 heteroatoms. The summed E-state index contributed by atoms with van der Waals surface area (Å²) >= 11 is 0. The van der Waals surface area contributed by atoms with Crippen LogP contribution in [-0.2, 0) is 11.4 Å². The molecule has 3 aromatic carbocycles. The third-order valence-electron chi connectivity index (χ3n) is 5.24. The number of hydrogen-bond donors (Lipinski definition) is 1. The van der Waals surface area contributed by atoms with E-state index >= 15 is 0 Å². The van der Waals surface area contributed by atoms with Crippen LogP contribution in [0.2, 0.25) is 0 Å². The molecule has 0 unspecified atom stereocenters. The topological polar surface area (TPSA) is 95.1 Å². The number of carbonyl (C=O) groups excluding carboxylic acids is 1. The molecule has 0 saturated heterocycles. The number of amides is 1. The second-order valence-electron chi connectivity index (χ2n) is 7.34. The highest BCUT2D eigenvalue weighted by atomic mass is 16.5. The third kappa shape index (κ3) is 5.58. The van der Waals surface area contributed by atoms with Crippen molar-refractivity contribution >= 4 is 17.7 Å². The van der Waals surface area contributed by atoms with Crippen molar-refractivity contribution in [2.75, 3.05) is 12.4 Å². The van der Waals surface area contributed by atoms with E-state index in [-0.39, 0.29) is 12.2 Å². The van der Waals surface area contributed by atoms with Gasteiger partial charge in [0, 0.05) is 11.3 Å². The Hall–Kier alpha value is -4.55. The number of benzene rings is 3. The molecule has 0 radical (unpaired) electrons. The van der Waals surface area contributed by atoms with Gasteiger partial charge >= 0.3 is 0 Å². The molecule has 1 amide bonds. The Balaban J connectivity index is 1.79. The maximum absolute atomic E-state index is 12.7. The van der Waals surface area contributed by atoms with E-state index in [1.807, 2.05) is 44.2 Å². The fourth-order valence-corrected chi connectivity index (χ4v) is 3.20. The van der Waals surface area contributed by atoms with Crippen LogP contribution in [0.25, 0.3) is 6.08 Å². The first-order valence-corrected chi connectivity index (χ1v) is 10.2. The minimum atomic E-state index is -0.487. The van der Waals surface area contributed by atoms with Gasteiger partial charge in [-0.2, -0.15) is 10.5 Å². The van der Waals surface area contributed by atoms with Gasteiger partial charge in [0.25, 0.3) is 5.91 Å². The summed E-state index contributed by atoms with van der Waals surface area (Å²) in [6.45, 7) is 4.08. The molecule has 0 aliphatic carbocycles. The van der Waals surface area contributed by atoms with Gasteiger partial charge in [0.15, 0.2) is 11.5 Å². The number of anilines is 1. The SMILES string of the molecule is COc1cc(/C=C(\C#N)C(=O)Nc2cccc(C)c2C)ccc1OCc1ccccc1C#N. The normalized spacial score (nSPS) is 10.6. The van der Waals surface area contributed by atoms with E-state index in [1.165, 1.54) is 13.2 Å². The van der Waals surface area contributed by atoms with E-state index in [4.69, 9.17) is 9.47 Å². The Kier molecular flexibility index (Phi) is 7.47. The highest BCUT2D eigenvalue weighted by Crippen LogP contribution is 2.30. The molecule has 3 aromatic rings. The average molecular weight is 437 g/mol. The van der Waals surface area contributed by atoms with Crippen molar-refractivity contribution in [1.82, 2.24) is 0 Å². The molecular weight excluding hydrogens is 414 g/mol. The summed E-state index contributed by atoms with van der Waals surface area (Å²) in [5.41, 5.74) is 4.56. The molecule has 0 spiro atoms. The molecule has 6 nitrogen and oxygen atoms in total. The first-order valence-electron chi connectivity index (χ1n) is 10.2. The van der Waals surface area contributed by atoms with E-state index in [0.717, 1.165) is 16.7 Å². The molecule has 1 N–H and O–H groups in total. The Bertz CT molecular complexity index is 1300. The van der Waals surface area contributed by atoms with Crippen molar-refractivity contribution in [2.45, 2.75) is 20.5 Å². The second kappa shape index (κ2) is 10.7. The van der Waals surface area contributed by atoms with Crippen LogP contribution in [0.15, 0.2) is 66.2 Å². The first kappa shape index (κ1) is 23.1. The highest BCUT2D eigenvalue weighted by Gasteiger charge is 2.13. The van der Waals surface area contributed by atoms with Crippen LogP contribution < -0.4 is 14.8 Å². The van der Waals surface area contributed by atoms with Crippen LogP contribution >= 0.6 is 0 Å². The Morgan fingerprint density at radius 3 is 2.55 bits per heavy atom. The average Bonchev–Trinajstić information content (AvgIpc) is 2.84. The Morgan fingerprint density at radius 1 is 1.03 bits per heavy atom. The molecule has 33 heavy (non-hydrogen) atoms. The van der Waals surface area contributed by atoms with Gasteiger partial charge in [0.2, 0.25) is 0 Å². The van der Waals surface area contributed by atoms with Crippen molar-refractivity contribution in [1.29, 1.82) is 10.5 Å². The van der Waals surface area contributed by atoms with Crippen molar-refractivity contribution in [3.05, 3.63) is 94.1 Å². The summed E-state index contributed by atoms with van der Waals surface area (Å²) in [7, 11) is 1.51. The van der Waals surface area contributed by atoms with Crippen LogP contribution in [0.4, 0.5) is 5.69 Å². The van der Waals surface area contributed by atoms with Crippen LogP contribution in [-0.4, -0.2) is 13.0 Å². The van der Waals surface area contributed by atoms with Crippen LogP contribution in [0.3, 0.4) is 0 Å². The van der Waals surface area contributed by atoms with Gasteiger partial charge in [-0.3, -0.25) is 4.79 Å². The summed E-state index contributed by atoms with van der Waals surface area (Å²) < 4.78 is 11.3. The fraction of sp³-hybridized carbons (Fsp3) is 0.148. The van der Waals surface area contributed by atoms with Crippen molar-refractivity contribution in [3.63, 3.8) is 0 Å². The number of hydrogen-bond acceptors (Lipinski definition) is 5. The minimum absolute atomic E-state index is 0.0328. The van der Waals surface area contributed by atoms with E-state index in [1.54, 1.807) is 36.4 Å². The van der Waals surface area contributed by atoms with Crippen molar-refractivity contribution < 1.29 is 14.3 Å². The van der Waals surface area contributed by atoms with Crippen LogP contribution in [0.5, 0.6) is 11.5 Å². The zero-order chi connectivity index (χ0) is 23.8. The Labute approximate surface area is 193 Å². The van der Waals surface area contributed by atoms with E-state index in [0.29, 0.717) is 28.3 Å². The zero-order valence-corrected chi connectivity index (χ0v) is 18.7. The first-order chi connectivity index (χ1) is 16.0. The molecule has 0 bridgehead atoms. The molecule has 0 aliphatic heterocycles. The number of rotatable bonds is 7. The van der Waals surface area contributed by atoms with Gasteiger partial charge in [-0.15, -0.1) is 0 Å². The lowest BCUT2D eigenvalue weighted by Crippen LogP contribution is -2.14. The molecule has 0 aliphatic rings. The lowest BCUT2D eigenvalue weighted by molar-refractivity contribution is -0.112. The standard InChI is InChI=1S/C27H23N3O3/c1-18-7-6-10-24(19(18)2)30-27(31)23(16-29)13-20-11-12-25(26(14-20)32-3)33-17-22-9-5-4-8-21(22)15-28/h4-14H,17H2,1-3H3,(H,30,31)/b23-13+.